The van der Waals surface area contributed by atoms with Gasteiger partial charge < -0.3 is 14.6 Å². The van der Waals surface area contributed by atoms with E-state index in [0.29, 0.717) is 43.0 Å². The molecule has 8 nitrogen and oxygen atoms in total. The summed E-state index contributed by atoms with van der Waals surface area (Å²) in [6.07, 6.45) is 1.19. The Bertz CT molecular complexity index is 757. The van der Waals surface area contributed by atoms with Crippen LogP contribution in [0.25, 0.3) is 0 Å². The number of nitrogens with zero attached hydrogens (tertiary/aromatic N) is 2. The molecule has 0 saturated carbocycles. The number of aliphatic carboxylic acids is 1. The highest BCUT2D eigenvalue weighted by atomic mass is 32.2. The number of ether oxygens (including phenoxy) is 2. The molecule has 0 atom stereocenters. The molecule has 0 aliphatic carbocycles. The number of sulfonamides is 1. The standard InChI is InChI=1S/C17H26N2O6S/c1-12-9-14(24-3)15(25-4)10-16(12)26(22,23)19-7-5-13(6-8-19)18(2)11-17(20)21/h9-10,13H,5-8,11H2,1-4H3,(H,20,21). The highest BCUT2D eigenvalue weighted by Crippen LogP contribution is 2.34. The molecule has 1 aromatic carbocycles. The second-order valence-electron chi connectivity index (χ2n) is 6.42. The Hall–Kier alpha value is -1.84. The third-order valence-electron chi connectivity index (χ3n) is 4.73. The van der Waals surface area contributed by atoms with Crippen LogP contribution < -0.4 is 9.47 Å². The van der Waals surface area contributed by atoms with E-state index < -0.39 is 16.0 Å². The van der Waals surface area contributed by atoms with E-state index in [-0.39, 0.29) is 17.5 Å². The van der Waals surface area contributed by atoms with Crippen molar-refractivity contribution in [3.05, 3.63) is 17.7 Å². The van der Waals surface area contributed by atoms with Gasteiger partial charge >= 0.3 is 5.97 Å². The van der Waals surface area contributed by atoms with Crippen molar-refractivity contribution < 1.29 is 27.8 Å². The van der Waals surface area contributed by atoms with Crippen molar-refractivity contribution >= 4 is 16.0 Å². The molecule has 9 heteroatoms. The molecular weight excluding hydrogens is 360 g/mol. The number of hydrogen-bond donors (Lipinski definition) is 1. The minimum Gasteiger partial charge on any atom is -0.493 e. The predicted molar refractivity (Wildman–Crippen MR) is 96.3 cm³/mol. The van der Waals surface area contributed by atoms with E-state index in [9.17, 15) is 13.2 Å². The number of carboxylic acid groups (broad SMARTS) is 1. The van der Waals surface area contributed by atoms with E-state index in [1.807, 2.05) is 0 Å². The molecule has 0 radical (unpaired) electrons. The first-order valence-corrected chi connectivity index (χ1v) is 9.79. The van der Waals surface area contributed by atoms with Crippen molar-refractivity contribution in [1.82, 2.24) is 9.21 Å². The van der Waals surface area contributed by atoms with Gasteiger partial charge in [-0.1, -0.05) is 0 Å². The first-order chi connectivity index (χ1) is 12.2. The molecule has 1 heterocycles. The van der Waals surface area contributed by atoms with Gasteiger partial charge in [-0.2, -0.15) is 4.31 Å². The van der Waals surface area contributed by atoms with Crippen LogP contribution in [0.1, 0.15) is 18.4 Å². The summed E-state index contributed by atoms with van der Waals surface area (Å²) in [5.41, 5.74) is 0.591. The molecule has 1 aromatic rings. The Morgan fingerprint density at radius 1 is 1.23 bits per heavy atom. The number of piperidine rings is 1. The molecule has 1 aliphatic heterocycles. The Morgan fingerprint density at radius 3 is 2.27 bits per heavy atom. The minimum atomic E-state index is -3.66. The maximum absolute atomic E-state index is 13.1. The van der Waals surface area contributed by atoms with Crippen LogP contribution in [-0.2, 0) is 14.8 Å². The highest BCUT2D eigenvalue weighted by Gasteiger charge is 2.32. The van der Waals surface area contributed by atoms with Gasteiger partial charge in [-0.3, -0.25) is 9.69 Å². The SMILES string of the molecule is COc1cc(C)c(S(=O)(=O)N2CCC(N(C)CC(=O)O)CC2)cc1OC. The summed E-state index contributed by atoms with van der Waals surface area (Å²) < 4.78 is 38.0. The van der Waals surface area contributed by atoms with Crippen LogP contribution in [0.3, 0.4) is 0 Å². The van der Waals surface area contributed by atoms with Crippen molar-refractivity contribution in [2.75, 3.05) is 40.9 Å². The van der Waals surface area contributed by atoms with E-state index in [0.717, 1.165) is 0 Å². The first kappa shape index (κ1) is 20.5. The van der Waals surface area contributed by atoms with Gasteiger partial charge in [-0.15, -0.1) is 0 Å². The lowest BCUT2D eigenvalue weighted by Gasteiger charge is -2.35. The van der Waals surface area contributed by atoms with E-state index in [1.54, 1.807) is 24.9 Å². The molecule has 0 aromatic heterocycles. The minimum absolute atomic E-state index is 0.0494. The Labute approximate surface area is 154 Å². The van der Waals surface area contributed by atoms with E-state index in [4.69, 9.17) is 14.6 Å². The summed E-state index contributed by atoms with van der Waals surface area (Å²) in [5.74, 6) is -0.0331. The molecule has 2 rings (SSSR count). The zero-order valence-corrected chi connectivity index (χ0v) is 16.4. The lowest BCUT2D eigenvalue weighted by atomic mass is 10.1. The fourth-order valence-corrected chi connectivity index (χ4v) is 4.94. The molecule has 1 saturated heterocycles. The maximum atomic E-state index is 13.1. The third-order valence-corrected chi connectivity index (χ3v) is 6.77. The number of rotatable bonds is 7. The predicted octanol–water partition coefficient (Wildman–Crippen LogP) is 1.18. The Kier molecular flexibility index (Phi) is 6.48. The normalized spacial score (nSPS) is 16.7. The average molecular weight is 386 g/mol. The fraction of sp³-hybridized carbons (Fsp3) is 0.588. The number of benzene rings is 1. The average Bonchev–Trinajstić information content (AvgIpc) is 2.60. The van der Waals surface area contributed by atoms with Crippen LogP contribution in [-0.4, -0.2) is 75.6 Å². The lowest BCUT2D eigenvalue weighted by molar-refractivity contribution is -0.138. The van der Waals surface area contributed by atoms with Crippen LogP contribution in [0, 0.1) is 6.92 Å². The van der Waals surface area contributed by atoms with Crippen LogP contribution in [0.5, 0.6) is 11.5 Å². The van der Waals surface area contributed by atoms with Crippen LogP contribution in [0.15, 0.2) is 17.0 Å². The molecule has 146 valence electrons. The largest absolute Gasteiger partial charge is 0.493 e. The summed E-state index contributed by atoms with van der Waals surface area (Å²) in [6, 6.07) is 3.20. The second kappa shape index (κ2) is 8.24. The van der Waals surface area contributed by atoms with Gasteiger partial charge in [-0.05, 0) is 38.4 Å². The van der Waals surface area contributed by atoms with Gasteiger partial charge in [0.15, 0.2) is 11.5 Å². The number of carbonyl (C=O) groups is 1. The van der Waals surface area contributed by atoms with Crippen molar-refractivity contribution in [3.63, 3.8) is 0 Å². The number of aryl methyl sites for hydroxylation is 1. The zero-order valence-electron chi connectivity index (χ0n) is 15.6. The van der Waals surface area contributed by atoms with Gasteiger partial charge in [-0.25, -0.2) is 8.42 Å². The van der Waals surface area contributed by atoms with Gasteiger partial charge in [0.25, 0.3) is 0 Å². The van der Waals surface area contributed by atoms with Crippen molar-refractivity contribution in [2.45, 2.75) is 30.7 Å². The Balaban J connectivity index is 2.18. The smallest absolute Gasteiger partial charge is 0.317 e. The van der Waals surface area contributed by atoms with Crippen molar-refractivity contribution in [1.29, 1.82) is 0 Å². The van der Waals surface area contributed by atoms with E-state index >= 15 is 0 Å². The molecule has 26 heavy (non-hydrogen) atoms. The summed E-state index contributed by atoms with van der Waals surface area (Å²) >= 11 is 0. The summed E-state index contributed by atoms with van der Waals surface area (Å²) in [4.78, 5) is 12.8. The molecule has 1 fully saturated rings. The maximum Gasteiger partial charge on any atom is 0.317 e. The van der Waals surface area contributed by atoms with E-state index in [1.165, 1.54) is 24.6 Å². The molecule has 0 unspecified atom stereocenters. The van der Waals surface area contributed by atoms with Gasteiger partial charge in [0, 0.05) is 25.2 Å². The number of methoxy groups -OCH3 is 2. The summed E-state index contributed by atoms with van der Waals surface area (Å²) in [5, 5.41) is 8.90. The lowest BCUT2D eigenvalue weighted by Crippen LogP contribution is -2.46. The molecule has 1 N–H and O–H groups in total. The topological polar surface area (TPSA) is 96.4 Å². The summed E-state index contributed by atoms with van der Waals surface area (Å²) in [6.45, 7) is 2.38. The number of hydrogen-bond acceptors (Lipinski definition) is 6. The number of likely N-dealkylation sites (N-methyl/N-ethyl adjacent to an activating group) is 1. The first-order valence-electron chi connectivity index (χ1n) is 8.35. The Morgan fingerprint density at radius 2 is 1.77 bits per heavy atom. The highest BCUT2D eigenvalue weighted by molar-refractivity contribution is 7.89. The molecule has 0 spiro atoms. The third kappa shape index (κ3) is 4.28. The van der Waals surface area contributed by atoms with Gasteiger partial charge in [0.1, 0.15) is 0 Å². The van der Waals surface area contributed by atoms with Gasteiger partial charge in [0.05, 0.1) is 25.7 Å². The molecular formula is C17H26N2O6S. The van der Waals surface area contributed by atoms with Gasteiger partial charge in [0.2, 0.25) is 10.0 Å². The molecule has 0 bridgehead atoms. The monoisotopic (exact) mass is 386 g/mol. The van der Waals surface area contributed by atoms with Crippen molar-refractivity contribution in [3.8, 4) is 11.5 Å². The molecule has 1 aliphatic rings. The van der Waals surface area contributed by atoms with Crippen LogP contribution >= 0.6 is 0 Å². The quantitative estimate of drug-likeness (QED) is 0.752. The van der Waals surface area contributed by atoms with Crippen molar-refractivity contribution in [2.24, 2.45) is 0 Å². The van der Waals surface area contributed by atoms with Crippen LogP contribution in [0.2, 0.25) is 0 Å². The second-order valence-corrected chi connectivity index (χ2v) is 8.32. The van der Waals surface area contributed by atoms with Crippen LogP contribution in [0.4, 0.5) is 0 Å². The number of carboxylic acids is 1. The molecule has 0 amide bonds. The van der Waals surface area contributed by atoms with E-state index in [2.05, 4.69) is 0 Å². The zero-order chi connectivity index (χ0) is 19.5. The summed E-state index contributed by atoms with van der Waals surface area (Å²) in [7, 11) is 1.06. The fourth-order valence-electron chi connectivity index (χ4n) is 3.24.